The van der Waals surface area contributed by atoms with Gasteiger partial charge >= 0.3 is 6.18 Å². The Kier molecular flexibility index (Phi) is 5.50. The van der Waals surface area contributed by atoms with Gasteiger partial charge in [0.25, 0.3) is 0 Å². The molecule has 1 aliphatic heterocycles. The van der Waals surface area contributed by atoms with Gasteiger partial charge in [0.1, 0.15) is 6.54 Å². The molecule has 0 aromatic rings. The molecule has 2 aliphatic rings. The van der Waals surface area contributed by atoms with Crippen LogP contribution in [0.25, 0.3) is 0 Å². The minimum Gasteiger partial charge on any atom is -0.351 e. The Hall–Kier alpha value is -1.27. The summed E-state index contributed by atoms with van der Waals surface area (Å²) in [7, 11) is 0. The molecule has 1 saturated carbocycles. The van der Waals surface area contributed by atoms with Crippen molar-refractivity contribution < 1.29 is 22.8 Å². The maximum Gasteiger partial charge on any atom is 0.406 e. The number of amides is 2. The molecule has 0 aromatic heterocycles. The molecule has 3 atom stereocenters. The second kappa shape index (κ2) is 6.92. The van der Waals surface area contributed by atoms with Gasteiger partial charge in [-0.1, -0.05) is 20.8 Å². The third-order valence-electron chi connectivity index (χ3n) is 4.90. The molecule has 2 amide bonds. The first-order chi connectivity index (χ1) is 10.9. The standard InChI is InChI=1S/C17H27F3N2O2/c1-11-4-12(8-16(2,3)7-11)5-14(23)21-13-6-15(24)22(9-13)10-17(18,19)20/h11-13H,4-10H2,1-3H3,(H,21,23)/t11-,12+,13-/m1/s1. The number of carbonyl (C=O) groups is 2. The molecule has 4 nitrogen and oxygen atoms in total. The zero-order chi connectivity index (χ0) is 18.1. The Morgan fingerprint density at radius 1 is 1.33 bits per heavy atom. The van der Waals surface area contributed by atoms with Crippen LogP contribution in [0.5, 0.6) is 0 Å². The lowest BCUT2D eigenvalue weighted by atomic mass is 9.67. The number of carbonyl (C=O) groups excluding carboxylic acids is 2. The average molecular weight is 348 g/mol. The van der Waals surface area contributed by atoms with Crippen molar-refractivity contribution >= 4 is 11.8 Å². The fourth-order valence-electron chi connectivity index (χ4n) is 4.49. The van der Waals surface area contributed by atoms with E-state index < -0.39 is 24.7 Å². The molecular weight excluding hydrogens is 321 g/mol. The van der Waals surface area contributed by atoms with E-state index in [1.165, 1.54) is 0 Å². The van der Waals surface area contributed by atoms with Crippen molar-refractivity contribution in [3.8, 4) is 0 Å². The second-order valence-corrected chi connectivity index (χ2v) is 8.34. The smallest absolute Gasteiger partial charge is 0.351 e. The third kappa shape index (κ3) is 5.67. The first-order valence-electron chi connectivity index (χ1n) is 8.57. The van der Waals surface area contributed by atoms with E-state index in [4.69, 9.17) is 0 Å². The van der Waals surface area contributed by atoms with Gasteiger partial charge in [-0.05, 0) is 36.5 Å². The van der Waals surface area contributed by atoms with Crippen molar-refractivity contribution in [2.75, 3.05) is 13.1 Å². The molecule has 1 aliphatic carbocycles. The first-order valence-corrected chi connectivity index (χ1v) is 8.57. The van der Waals surface area contributed by atoms with Crippen molar-refractivity contribution in [3.05, 3.63) is 0 Å². The average Bonchev–Trinajstić information content (AvgIpc) is 2.63. The summed E-state index contributed by atoms with van der Waals surface area (Å²) in [6, 6.07) is -0.513. The highest BCUT2D eigenvalue weighted by molar-refractivity contribution is 5.82. The molecule has 0 spiro atoms. The topological polar surface area (TPSA) is 49.4 Å². The van der Waals surface area contributed by atoms with Gasteiger partial charge in [-0.2, -0.15) is 13.2 Å². The van der Waals surface area contributed by atoms with Crippen LogP contribution in [0.15, 0.2) is 0 Å². The fourth-order valence-corrected chi connectivity index (χ4v) is 4.49. The molecule has 138 valence electrons. The highest BCUT2D eigenvalue weighted by Crippen LogP contribution is 2.42. The molecule has 0 bridgehead atoms. The van der Waals surface area contributed by atoms with Gasteiger partial charge in [-0.15, -0.1) is 0 Å². The van der Waals surface area contributed by atoms with E-state index in [-0.39, 0.29) is 24.3 Å². The van der Waals surface area contributed by atoms with Crippen LogP contribution in [0.4, 0.5) is 13.2 Å². The summed E-state index contributed by atoms with van der Waals surface area (Å²) in [5.41, 5.74) is 0.218. The van der Waals surface area contributed by atoms with Gasteiger partial charge in [0.05, 0.1) is 6.04 Å². The van der Waals surface area contributed by atoms with Gasteiger partial charge < -0.3 is 10.2 Å². The van der Waals surface area contributed by atoms with Crippen LogP contribution in [0, 0.1) is 17.3 Å². The Balaban J connectivity index is 1.82. The Labute approximate surface area is 141 Å². The summed E-state index contributed by atoms with van der Waals surface area (Å²) in [5, 5.41) is 2.75. The zero-order valence-corrected chi connectivity index (χ0v) is 14.6. The monoisotopic (exact) mass is 348 g/mol. The van der Waals surface area contributed by atoms with E-state index >= 15 is 0 Å². The van der Waals surface area contributed by atoms with Crippen LogP contribution in [-0.4, -0.2) is 42.0 Å². The summed E-state index contributed by atoms with van der Waals surface area (Å²) >= 11 is 0. The molecule has 24 heavy (non-hydrogen) atoms. The summed E-state index contributed by atoms with van der Waals surface area (Å²) in [4.78, 5) is 24.6. The second-order valence-electron chi connectivity index (χ2n) is 8.34. The maximum atomic E-state index is 12.4. The van der Waals surface area contributed by atoms with Crippen LogP contribution in [0.2, 0.25) is 0 Å². The number of likely N-dealkylation sites (tertiary alicyclic amines) is 1. The molecule has 0 radical (unpaired) electrons. The summed E-state index contributed by atoms with van der Waals surface area (Å²) in [6.07, 6.45) is -0.936. The Bertz CT molecular complexity index is 491. The van der Waals surface area contributed by atoms with Crippen LogP contribution < -0.4 is 5.32 Å². The van der Waals surface area contributed by atoms with Gasteiger partial charge in [0.15, 0.2) is 0 Å². The normalized spacial score (nSPS) is 30.5. The summed E-state index contributed by atoms with van der Waals surface area (Å²) in [6.45, 7) is 5.30. The molecule has 1 heterocycles. The Morgan fingerprint density at radius 2 is 2.00 bits per heavy atom. The molecular formula is C17H27F3N2O2. The number of nitrogens with one attached hydrogen (secondary N) is 1. The molecule has 1 saturated heterocycles. The van der Waals surface area contributed by atoms with Gasteiger partial charge in [-0.25, -0.2) is 0 Å². The fraction of sp³-hybridized carbons (Fsp3) is 0.882. The summed E-state index contributed by atoms with van der Waals surface area (Å²) in [5.74, 6) is 0.163. The van der Waals surface area contributed by atoms with E-state index in [9.17, 15) is 22.8 Å². The van der Waals surface area contributed by atoms with Gasteiger partial charge in [0.2, 0.25) is 11.8 Å². The number of halogens is 3. The quantitative estimate of drug-likeness (QED) is 0.849. The van der Waals surface area contributed by atoms with Gasteiger partial charge in [0, 0.05) is 19.4 Å². The number of nitrogens with zero attached hydrogens (tertiary/aromatic N) is 1. The highest BCUT2D eigenvalue weighted by atomic mass is 19.4. The van der Waals surface area contributed by atoms with E-state index in [2.05, 4.69) is 26.1 Å². The van der Waals surface area contributed by atoms with Crippen molar-refractivity contribution in [3.63, 3.8) is 0 Å². The lowest BCUT2D eigenvalue weighted by Gasteiger charge is -2.38. The predicted octanol–water partition coefficient (Wildman–Crippen LogP) is 3.12. The SMILES string of the molecule is C[C@@H]1C[C@@H](CC(=O)N[C@@H]2CC(=O)N(CC(F)(F)F)C2)CC(C)(C)C1. The van der Waals surface area contributed by atoms with E-state index in [0.717, 1.165) is 24.2 Å². The molecule has 0 unspecified atom stereocenters. The maximum absolute atomic E-state index is 12.4. The minimum atomic E-state index is -4.40. The van der Waals surface area contributed by atoms with Crippen LogP contribution in [0.1, 0.15) is 52.9 Å². The zero-order valence-electron chi connectivity index (χ0n) is 14.6. The van der Waals surface area contributed by atoms with Crippen molar-refractivity contribution in [1.29, 1.82) is 0 Å². The molecule has 0 aromatic carbocycles. The predicted molar refractivity (Wildman–Crippen MR) is 84.1 cm³/mol. The van der Waals surface area contributed by atoms with Crippen LogP contribution in [-0.2, 0) is 9.59 Å². The van der Waals surface area contributed by atoms with E-state index in [1.807, 2.05) is 0 Å². The number of hydrogen-bond acceptors (Lipinski definition) is 2. The highest BCUT2D eigenvalue weighted by Gasteiger charge is 2.39. The number of hydrogen-bond donors (Lipinski definition) is 1. The molecule has 2 rings (SSSR count). The summed E-state index contributed by atoms with van der Waals surface area (Å²) < 4.78 is 37.2. The van der Waals surface area contributed by atoms with Gasteiger partial charge in [-0.3, -0.25) is 9.59 Å². The van der Waals surface area contributed by atoms with Crippen LogP contribution in [0.3, 0.4) is 0 Å². The van der Waals surface area contributed by atoms with E-state index in [1.54, 1.807) is 0 Å². The first kappa shape index (κ1) is 19.1. The lowest BCUT2D eigenvalue weighted by Crippen LogP contribution is -2.40. The molecule has 7 heteroatoms. The van der Waals surface area contributed by atoms with E-state index in [0.29, 0.717) is 18.3 Å². The number of alkyl halides is 3. The lowest BCUT2D eigenvalue weighted by molar-refractivity contribution is -0.157. The Morgan fingerprint density at radius 3 is 2.58 bits per heavy atom. The number of rotatable bonds is 4. The van der Waals surface area contributed by atoms with Crippen molar-refractivity contribution in [2.45, 2.75) is 65.1 Å². The largest absolute Gasteiger partial charge is 0.406 e. The molecule has 1 N–H and O–H groups in total. The van der Waals surface area contributed by atoms with Crippen molar-refractivity contribution in [2.24, 2.45) is 17.3 Å². The molecule has 2 fully saturated rings. The minimum absolute atomic E-state index is 0.0472. The van der Waals surface area contributed by atoms with Crippen molar-refractivity contribution in [1.82, 2.24) is 10.2 Å². The van der Waals surface area contributed by atoms with Crippen LogP contribution >= 0.6 is 0 Å². The third-order valence-corrected chi connectivity index (χ3v) is 4.90.